The third-order valence-electron chi connectivity index (χ3n) is 4.11. The Balaban J connectivity index is 1.77. The highest BCUT2D eigenvalue weighted by Gasteiger charge is 2.41. The van der Waals surface area contributed by atoms with Crippen molar-refractivity contribution in [1.29, 1.82) is 0 Å². The van der Waals surface area contributed by atoms with E-state index < -0.39 is 0 Å². The first-order valence-electron chi connectivity index (χ1n) is 6.55. The molecule has 0 aromatic carbocycles. The lowest BCUT2D eigenvalue weighted by atomic mass is 10.0. The van der Waals surface area contributed by atoms with Gasteiger partial charge in [-0.15, -0.1) is 0 Å². The van der Waals surface area contributed by atoms with Crippen LogP contribution in [0.4, 0.5) is 0 Å². The van der Waals surface area contributed by atoms with Gasteiger partial charge in [0.2, 0.25) is 5.91 Å². The van der Waals surface area contributed by atoms with E-state index >= 15 is 0 Å². The zero-order chi connectivity index (χ0) is 11.7. The summed E-state index contributed by atoms with van der Waals surface area (Å²) < 4.78 is 0. The minimum absolute atomic E-state index is 0.256. The molecule has 0 aromatic rings. The van der Waals surface area contributed by atoms with Gasteiger partial charge in [0, 0.05) is 26.1 Å². The van der Waals surface area contributed by atoms with Crippen molar-refractivity contribution in [3.63, 3.8) is 0 Å². The molecule has 16 heavy (non-hydrogen) atoms. The zero-order valence-electron chi connectivity index (χ0n) is 10.7. The van der Waals surface area contributed by atoms with Crippen LogP contribution in [-0.2, 0) is 4.79 Å². The molecule has 3 nitrogen and oxygen atoms in total. The van der Waals surface area contributed by atoms with E-state index in [0.717, 1.165) is 37.4 Å². The van der Waals surface area contributed by atoms with Gasteiger partial charge in [0.1, 0.15) is 0 Å². The van der Waals surface area contributed by atoms with Crippen LogP contribution < -0.4 is 5.32 Å². The monoisotopic (exact) mass is 224 g/mol. The van der Waals surface area contributed by atoms with Crippen LogP contribution in [0.25, 0.3) is 0 Å². The van der Waals surface area contributed by atoms with Gasteiger partial charge in [-0.25, -0.2) is 0 Å². The van der Waals surface area contributed by atoms with Gasteiger partial charge in [-0.1, -0.05) is 13.8 Å². The van der Waals surface area contributed by atoms with Crippen molar-refractivity contribution in [3.8, 4) is 0 Å². The summed E-state index contributed by atoms with van der Waals surface area (Å²) in [7, 11) is 0. The van der Waals surface area contributed by atoms with Gasteiger partial charge in [-0.3, -0.25) is 4.79 Å². The predicted molar refractivity (Wildman–Crippen MR) is 65.1 cm³/mol. The topological polar surface area (TPSA) is 32.3 Å². The molecule has 1 aliphatic carbocycles. The summed E-state index contributed by atoms with van der Waals surface area (Å²) in [6.07, 6.45) is 2.63. The van der Waals surface area contributed by atoms with Gasteiger partial charge in [0.15, 0.2) is 0 Å². The van der Waals surface area contributed by atoms with Crippen molar-refractivity contribution in [2.24, 2.45) is 17.8 Å². The summed E-state index contributed by atoms with van der Waals surface area (Å²) in [6.45, 7) is 9.28. The van der Waals surface area contributed by atoms with Crippen molar-refractivity contribution in [3.05, 3.63) is 0 Å². The maximum atomic E-state index is 11.3. The number of rotatable bonds is 3. The Morgan fingerprint density at radius 1 is 1.31 bits per heavy atom. The summed E-state index contributed by atoms with van der Waals surface area (Å²) in [4.78, 5) is 13.3. The highest BCUT2D eigenvalue weighted by Crippen LogP contribution is 2.41. The fourth-order valence-electron chi connectivity index (χ4n) is 3.25. The Kier molecular flexibility index (Phi) is 3.53. The molecule has 0 aromatic heterocycles. The third-order valence-corrected chi connectivity index (χ3v) is 4.11. The number of carbonyl (C=O) groups excluding carboxylic acids is 1. The van der Waals surface area contributed by atoms with Crippen LogP contribution in [-0.4, -0.2) is 36.5 Å². The number of nitrogens with one attached hydrogen (secondary N) is 1. The second kappa shape index (κ2) is 4.74. The molecule has 1 unspecified atom stereocenters. The smallest absolute Gasteiger partial charge is 0.219 e. The lowest BCUT2D eigenvalue weighted by Crippen LogP contribution is -2.30. The highest BCUT2D eigenvalue weighted by atomic mass is 16.2. The quantitative estimate of drug-likeness (QED) is 0.787. The van der Waals surface area contributed by atoms with Crippen molar-refractivity contribution in [1.82, 2.24) is 10.2 Å². The van der Waals surface area contributed by atoms with Gasteiger partial charge < -0.3 is 10.2 Å². The van der Waals surface area contributed by atoms with E-state index in [9.17, 15) is 4.79 Å². The molecule has 0 radical (unpaired) electrons. The van der Waals surface area contributed by atoms with E-state index in [2.05, 4.69) is 19.2 Å². The number of hydrogen-bond acceptors (Lipinski definition) is 2. The molecule has 1 N–H and O–H groups in total. The molecule has 92 valence electrons. The third kappa shape index (κ3) is 2.57. The van der Waals surface area contributed by atoms with Crippen molar-refractivity contribution >= 4 is 5.91 Å². The van der Waals surface area contributed by atoms with Crippen molar-refractivity contribution in [2.45, 2.75) is 39.7 Å². The van der Waals surface area contributed by atoms with Gasteiger partial charge >= 0.3 is 0 Å². The zero-order valence-corrected chi connectivity index (χ0v) is 10.7. The van der Waals surface area contributed by atoms with Crippen LogP contribution >= 0.6 is 0 Å². The molecule has 1 saturated heterocycles. The standard InChI is InChI=1S/C13H24N2O/c1-9(2)14-6-11-4-12-7-15(10(3)16)8-13(12)5-11/h9,11-14H,4-8H2,1-3H3/t11?,12-,13+. The average molecular weight is 224 g/mol. The molecular weight excluding hydrogens is 200 g/mol. The van der Waals surface area contributed by atoms with E-state index in [1.807, 2.05) is 4.90 Å². The second-order valence-electron chi connectivity index (χ2n) is 5.84. The van der Waals surface area contributed by atoms with E-state index in [-0.39, 0.29) is 5.91 Å². The first kappa shape index (κ1) is 11.9. The van der Waals surface area contributed by atoms with Crippen LogP contribution in [0.15, 0.2) is 0 Å². The molecule has 2 fully saturated rings. The van der Waals surface area contributed by atoms with E-state index in [1.54, 1.807) is 6.92 Å². The van der Waals surface area contributed by atoms with Gasteiger partial charge in [-0.2, -0.15) is 0 Å². The number of fused-ring (bicyclic) bond motifs is 1. The molecular formula is C13H24N2O. The minimum Gasteiger partial charge on any atom is -0.342 e. The molecule has 0 bridgehead atoms. The number of carbonyl (C=O) groups is 1. The Morgan fingerprint density at radius 3 is 2.31 bits per heavy atom. The van der Waals surface area contributed by atoms with Crippen LogP contribution in [0, 0.1) is 17.8 Å². The lowest BCUT2D eigenvalue weighted by molar-refractivity contribution is -0.128. The molecule has 3 heteroatoms. The van der Waals surface area contributed by atoms with E-state index in [4.69, 9.17) is 0 Å². The van der Waals surface area contributed by atoms with Crippen LogP contribution in [0.5, 0.6) is 0 Å². The molecule has 1 amide bonds. The molecule has 0 spiro atoms. The minimum atomic E-state index is 0.256. The summed E-state index contributed by atoms with van der Waals surface area (Å²) in [6, 6.07) is 0.592. The molecule has 1 heterocycles. The molecule has 3 atom stereocenters. The maximum absolute atomic E-state index is 11.3. The number of hydrogen-bond donors (Lipinski definition) is 1. The van der Waals surface area contributed by atoms with E-state index in [1.165, 1.54) is 12.8 Å². The van der Waals surface area contributed by atoms with Crippen LogP contribution in [0.3, 0.4) is 0 Å². The first-order chi connectivity index (χ1) is 7.56. The van der Waals surface area contributed by atoms with Gasteiger partial charge in [-0.05, 0) is 37.1 Å². The summed E-state index contributed by atoms with van der Waals surface area (Å²) in [5, 5.41) is 3.53. The van der Waals surface area contributed by atoms with Crippen molar-refractivity contribution < 1.29 is 4.79 Å². The number of amides is 1. The lowest BCUT2D eigenvalue weighted by Gasteiger charge is -2.18. The van der Waals surface area contributed by atoms with Crippen molar-refractivity contribution in [2.75, 3.05) is 19.6 Å². The molecule has 1 aliphatic heterocycles. The fourth-order valence-corrected chi connectivity index (χ4v) is 3.25. The Bertz CT molecular complexity index is 251. The SMILES string of the molecule is CC(=O)N1C[C@H]2CC(CNC(C)C)C[C@H]2C1. The Hall–Kier alpha value is -0.570. The highest BCUT2D eigenvalue weighted by molar-refractivity contribution is 5.73. The average Bonchev–Trinajstić information content (AvgIpc) is 2.70. The largest absolute Gasteiger partial charge is 0.342 e. The summed E-state index contributed by atoms with van der Waals surface area (Å²) in [5.74, 6) is 2.66. The van der Waals surface area contributed by atoms with Crippen LogP contribution in [0.2, 0.25) is 0 Å². The summed E-state index contributed by atoms with van der Waals surface area (Å²) >= 11 is 0. The summed E-state index contributed by atoms with van der Waals surface area (Å²) in [5.41, 5.74) is 0. The van der Waals surface area contributed by atoms with Gasteiger partial charge in [0.05, 0.1) is 0 Å². The first-order valence-corrected chi connectivity index (χ1v) is 6.55. The fraction of sp³-hybridized carbons (Fsp3) is 0.923. The van der Waals surface area contributed by atoms with Gasteiger partial charge in [0.25, 0.3) is 0 Å². The van der Waals surface area contributed by atoms with E-state index in [0.29, 0.717) is 6.04 Å². The number of likely N-dealkylation sites (tertiary alicyclic amines) is 1. The Labute approximate surface area is 98.6 Å². The molecule has 2 aliphatic rings. The predicted octanol–water partition coefficient (Wildman–Crippen LogP) is 1.49. The van der Waals surface area contributed by atoms with Crippen LogP contribution in [0.1, 0.15) is 33.6 Å². The second-order valence-corrected chi connectivity index (χ2v) is 5.84. The normalized spacial score (nSPS) is 33.5. The number of nitrogens with zero attached hydrogens (tertiary/aromatic N) is 1. The maximum Gasteiger partial charge on any atom is 0.219 e. The molecule has 2 rings (SSSR count). The Morgan fingerprint density at radius 2 is 1.88 bits per heavy atom. The molecule has 1 saturated carbocycles.